The summed E-state index contributed by atoms with van der Waals surface area (Å²) in [6.45, 7) is 4.58. The molecule has 10 heteroatoms. The van der Waals surface area contributed by atoms with Gasteiger partial charge in [0.15, 0.2) is 0 Å². The van der Waals surface area contributed by atoms with Crippen LogP contribution in [0.4, 0.5) is 0 Å². The van der Waals surface area contributed by atoms with Crippen LogP contribution in [0.3, 0.4) is 0 Å². The Morgan fingerprint density at radius 1 is 0.784 bits per heavy atom. The molecule has 51 heavy (non-hydrogen) atoms. The number of amides is 1. The summed E-state index contributed by atoms with van der Waals surface area (Å²) in [4.78, 5) is 25.2. The quantitative estimate of drug-likeness (QED) is 0.0216. The van der Waals surface area contributed by atoms with Gasteiger partial charge in [0.2, 0.25) is 5.91 Å². The van der Waals surface area contributed by atoms with Crippen LogP contribution < -0.4 is 10.2 Å². The molecule has 1 aliphatic rings. The zero-order valence-corrected chi connectivity index (χ0v) is 34.4. The fourth-order valence-corrected chi connectivity index (χ4v) is 6.82. The van der Waals surface area contributed by atoms with Crippen molar-refractivity contribution in [2.75, 3.05) is 40.9 Å². The van der Waals surface area contributed by atoms with Crippen LogP contribution in [0.2, 0.25) is 0 Å². The number of quaternary nitrogens is 1. The van der Waals surface area contributed by atoms with E-state index in [-0.39, 0.29) is 19.1 Å². The molecule has 0 aliphatic carbocycles. The van der Waals surface area contributed by atoms with Crippen LogP contribution in [0.1, 0.15) is 168 Å². The van der Waals surface area contributed by atoms with Crippen molar-refractivity contribution >= 4 is 13.7 Å². The van der Waals surface area contributed by atoms with E-state index in [2.05, 4.69) is 31.3 Å². The van der Waals surface area contributed by atoms with Crippen molar-refractivity contribution in [1.82, 2.24) is 5.32 Å². The average Bonchev–Trinajstić information content (AvgIpc) is 3.83. The number of carbonyl (C=O) groups is 1. The van der Waals surface area contributed by atoms with Gasteiger partial charge in [-0.25, -0.2) is 0 Å². The molecule has 0 aromatic heterocycles. The minimum absolute atomic E-state index is 0.00591. The molecule has 5 atom stereocenters. The monoisotopic (exact) mass is 743 g/mol. The molecule has 0 bridgehead atoms. The number of unbranched alkanes of at least 4 members (excludes halogenated alkanes) is 18. The van der Waals surface area contributed by atoms with Gasteiger partial charge in [-0.15, -0.1) is 0 Å². The van der Waals surface area contributed by atoms with Crippen molar-refractivity contribution in [2.24, 2.45) is 0 Å². The molecule has 300 valence electrons. The molecule has 1 heterocycles. The van der Waals surface area contributed by atoms with E-state index in [9.17, 15) is 19.4 Å². The number of phosphoric acid groups is 1. The van der Waals surface area contributed by atoms with E-state index in [4.69, 9.17) is 13.8 Å². The predicted octanol–water partition coefficient (Wildman–Crippen LogP) is 9.32. The van der Waals surface area contributed by atoms with E-state index in [0.29, 0.717) is 29.7 Å². The Kier molecular flexibility index (Phi) is 28.5. The van der Waals surface area contributed by atoms with Gasteiger partial charge in [0.25, 0.3) is 7.82 Å². The van der Waals surface area contributed by atoms with E-state index in [0.717, 1.165) is 64.2 Å². The molecule has 2 N–H and O–H groups in total. The molecule has 1 rings (SSSR count). The molecule has 1 saturated heterocycles. The number of nitrogens with one attached hydrogen (secondary N) is 1. The molecule has 3 unspecified atom stereocenters. The fourth-order valence-electron chi connectivity index (χ4n) is 6.10. The highest BCUT2D eigenvalue weighted by molar-refractivity contribution is 7.45. The SMILES string of the molecule is CCCCCCCCCCCCC/C=C/[C@@H](O)[C@H](COP(=O)([O-])OCC[N+](C)(C)C)NC(=O)CCCCCCC/C=C\CC1OC1CCCCC. The van der Waals surface area contributed by atoms with E-state index in [1.54, 1.807) is 6.08 Å². The zero-order valence-electron chi connectivity index (χ0n) is 33.5. The smallest absolute Gasteiger partial charge is 0.268 e. The topological polar surface area (TPSA) is 120 Å². The molecule has 0 saturated carbocycles. The number of ether oxygens (including phenoxy) is 1. The van der Waals surface area contributed by atoms with Gasteiger partial charge in [-0.2, -0.15) is 0 Å². The van der Waals surface area contributed by atoms with Crippen LogP contribution in [0.5, 0.6) is 0 Å². The minimum atomic E-state index is -4.59. The lowest BCUT2D eigenvalue weighted by molar-refractivity contribution is -0.870. The number of aliphatic hydroxyl groups excluding tert-OH is 1. The highest BCUT2D eigenvalue weighted by Crippen LogP contribution is 2.38. The average molecular weight is 743 g/mol. The number of epoxide rings is 1. The Hall–Kier alpha value is -1.06. The lowest BCUT2D eigenvalue weighted by atomic mass is 10.0. The van der Waals surface area contributed by atoms with Crippen LogP contribution in [-0.4, -0.2) is 80.8 Å². The number of carbonyl (C=O) groups excluding carboxylic acids is 1. The van der Waals surface area contributed by atoms with Gasteiger partial charge in [0.05, 0.1) is 52.1 Å². The normalized spacial score (nSPS) is 18.7. The summed E-state index contributed by atoms with van der Waals surface area (Å²) in [6.07, 6.45) is 35.3. The second-order valence-corrected chi connectivity index (χ2v) is 17.1. The van der Waals surface area contributed by atoms with Gasteiger partial charge in [0, 0.05) is 6.42 Å². The largest absolute Gasteiger partial charge is 0.756 e. The summed E-state index contributed by atoms with van der Waals surface area (Å²) in [7, 11) is 1.24. The maximum Gasteiger partial charge on any atom is 0.268 e. The van der Waals surface area contributed by atoms with Crippen molar-refractivity contribution < 1.29 is 37.6 Å². The predicted molar refractivity (Wildman–Crippen MR) is 209 cm³/mol. The lowest BCUT2D eigenvalue weighted by Crippen LogP contribution is -2.45. The number of rotatable bonds is 36. The Balaban J connectivity index is 2.35. The van der Waals surface area contributed by atoms with Crippen LogP contribution >= 0.6 is 7.82 Å². The summed E-state index contributed by atoms with van der Waals surface area (Å²) < 4.78 is 28.9. The second kappa shape index (κ2) is 30.3. The molecule has 1 amide bonds. The summed E-state index contributed by atoms with van der Waals surface area (Å²) in [5.74, 6) is -0.216. The number of phosphoric ester groups is 1. The van der Waals surface area contributed by atoms with Gasteiger partial charge in [-0.05, 0) is 44.9 Å². The molecule has 9 nitrogen and oxygen atoms in total. The molecule has 1 fully saturated rings. The third kappa shape index (κ3) is 30.0. The van der Waals surface area contributed by atoms with Crippen molar-refractivity contribution in [3.8, 4) is 0 Å². The van der Waals surface area contributed by atoms with Gasteiger partial charge < -0.3 is 33.6 Å². The van der Waals surface area contributed by atoms with Gasteiger partial charge >= 0.3 is 0 Å². The standard InChI is InChI=1S/C41H79N2O7P/c1-6-8-10-11-12-13-14-15-16-17-20-23-27-30-38(44)37(36-49-51(46,47)48-35-34-43(3,4)5)42-41(45)33-29-25-22-19-18-21-24-28-32-40-39(50-40)31-26-9-7-2/h24,27-28,30,37-40,44H,6-23,25-26,29,31-36H2,1-5H3,(H-,42,45,46,47)/b28-24-,30-27+/t37-,38+,39?,40?/m0/s1. The van der Waals surface area contributed by atoms with Crippen molar-refractivity contribution in [3.05, 3.63) is 24.3 Å². The number of allylic oxidation sites excluding steroid dienone is 2. The molecule has 0 spiro atoms. The first-order valence-corrected chi connectivity index (χ1v) is 22.3. The minimum Gasteiger partial charge on any atom is -0.756 e. The zero-order chi connectivity index (χ0) is 37.6. The lowest BCUT2D eigenvalue weighted by Gasteiger charge is -2.29. The molecule has 1 aliphatic heterocycles. The summed E-state index contributed by atoms with van der Waals surface area (Å²) in [6, 6.07) is -0.894. The van der Waals surface area contributed by atoms with Gasteiger partial charge in [-0.3, -0.25) is 9.36 Å². The Morgan fingerprint density at radius 2 is 1.33 bits per heavy atom. The number of hydrogen-bond donors (Lipinski definition) is 2. The Labute approximate surface area is 313 Å². The molecule has 0 radical (unpaired) electrons. The van der Waals surface area contributed by atoms with Crippen molar-refractivity contribution in [1.29, 1.82) is 0 Å². The van der Waals surface area contributed by atoms with E-state index in [1.165, 1.54) is 83.5 Å². The maximum atomic E-state index is 12.8. The van der Waals surface area contributed by atoms with E-state index in [1.807, 2.05) is 27.2 Å². The summed E-state index contributed by atoms with van der Waals surface area (Å²) >= 11 is 0. The third-order valence-corrected chi connectivity index (χ3v) is 10.5. The Morgan fingerprint density at radius 3 is 1.94 bits per heavy atom. The van der Waals surface area contributed by atoms with Crippen LogP contribution in [0, 0.1) is 0 Å². The Bertz CT molecular complexity index is 955. The molecule has 0 aromatic rings. The maximum absolute atomic E-state index is 12.8. The first-order valence-electron chi connectivity index (χ1n) is 20.8. The first kappa shape index (κ1) is 48.0. The fraction of sp³-hybridized carbons (Fsp3) is 0.878. The summed E-state index contributed by atoms with van der Waals surface area (Å²) in [5, 5.41) is 13.7. The summed E-state index contributed by atoms with van der Waals surface area (Å²) in [5.41, 5.74) is 0. The van der Waals surface area contributed by atoms with Crippen molar-refractivity contribution in [3.63, 3.8) is 0 Å². The number of hydrogen-bond acceptors (Lipinski definition) is 7. The van der Waals surface area contributed by atoms with Crippen LogP contribution in [0.25, 0.3) is 0 Å². The third-order valence-electron chi connectivity index (χ3n) is 9.58. The number of likely N-dealkylation sites (N-methyl/N-ethyl adjacent to an activating group) is 1. The number of nitrogens with zero attached hydrogens (tertiary/aromatic N) is 1. The van der Waals surface area contributed by atoms with Crippen LogP contribution in [-0.2, 0) is 23.1 Å². The molecule has 0 aromatic carbocycles. The van der Waals surface area contributed by atoms with Crippen LogP contribution in [0.15, 0.2) is 24.3 Å². The van der Waals surface area contributed by atoms with E-state index < -0.39 is 20.0 Å². The second-order valence-electron chi connectivity index (χ2n) is 15.7. The highest BCUT2D eigenvalue weighted by atomic mass is 31.2. The van der Waals surface area contributed by atoms with Gasteiger partial charge in [-0.1, -0.05) is 141 Å². The number of aliphatic hydroxyl groups is 1. The molecular formula is C41H79N2O7P. The molecular weight excluding hydrogens is 663 g/mol. The first-order chi connectivity index (χ1) is 24.5. The van der Waals surface area contributed by atoms with Gasteiger partial charge in [0.1, 0.15) is 13.2 Å². The van der Waals surface area contributed by atoms with E-state index >= 15 is 0 Å². The highest BCUT2D eigenvalue weighted by Gasteiger charge is 2.36. The van der Waals surface area contributed by atoms with Crippen molar-refractivity contribution in [2.45, 2.75) is 192 Å².